The van der Waals surface area contributed by atoms with E-state index in [2.05, 4.69) is 27.8 Å². The van der Waals surface area contributed by atoms with E-state index in [4.69, 9.17) is 4.74 Å². The van der Waals surface area contributed by atoms with Gasteiger partial charge < -0.3 is 4.74 Å². The molecule has 1 aliphatic heterocycles. The van der Waals surface area contributed by atoms with E-state index < -0.39 is 0 Å². The van der Waals surface area contributed by atoms with Gasteiger partial charge in [-0.1, -0.05) is 27.8 Å². The molecule has 1 fully saturated rings. The van der Waals surface area contributed by atoms with Crippen LogP contribution in [-0.2, 0) is 4.74 Å². The van der Waals surface area contributed by atoms with Gasteiger partial charge in [-0.3, -0.25) is 0 Å². The number of hydrogen-bond donors (Lipinski definition) is 0. The van der Waals surface area contributed by atoms with Gasteiger partial charge in [-0.2, -0.15) is 0 Å². The Morgan fingerprint density at radius 1 is 1.29 bits per heavy atom. The van der Waals surface area contributed by atoms with Gasteiger partial charge in [0, 0.05) is 16.6 Å². The van der Waals surface area contributed by atoms with E-state index in [-0.39, 0.29) is 6.10 Å². The highest BCUT2D eigenvalue weighted by molar-refractivity contribution is 9.10. The molecule has 1 nitrogen and oxygen atoms in total. The van der Waals surface area contributed by atoms with Crippen molar-refractivity contribution in [2.75, 3.05) is 6.61 Å². The summed E-state index contributed by atoms with van der Waals surface area (Å²) in [5.74, 6) is 6.25. The smallest absolute Gasteiger partial charge is 0.118 e. The van der Waals surface area contributed by atoms with Crippen LogP contribution in [0.15, 0.2) is 28.7 Å². The highest BCUT2D eigenvalue weighted by atomic mass is 79.9. The molecule has 0 bridgehead atoms. The highest BCUT2D eigenvalue weighted by Gasteiger charge is 2.11. The quantitative estimate of drug-likeness (QED) is 0.644. The summed E-state index contributed by atoms with van der Waals surface area (Å²) in [7, 11) is 0. The van der Waals surface area contributed by atoms with E-state index in [0.29, 0.717) is 0 Å². The summed E-state index contributed by atoms with van der Waals surface area (Å²) in [5.41, 5.74) is 1.05. The number of ether oxygens (including phenoxy) is 1. The highest BCUT2D eigenvalue weighted by Crippen LogP contribution is 2.12. The molecule has 1 unspecified atom stereocenters. The maximum absolute atomic E-state index is 5.42. The Morgan fingerprint density at radius 3 is 2.71 bits per heavy atom. The van der Waals surface area contributed by atoms with E-state index in [1.165, 1.54) is 0 Å². The minimum Gasteiger partial charge on any atom is -0.366 e. The monoisotopic (exact) mass is 250 g/mol. The predicted molar refractivity (Wildman–Crippen MR) is 60.0 cm³/mol. The molecule has 2 rings (SSSR count). The van der Waals surface area contributed by atoms with Crippen LogP contribution in [0, 0.1) is 11.8 Å². The molecule has 1 atom stereocenters. The third-order valence-electron chi connectivity index (χ3n) is 2.15. The molecule has 1 aromatic rings. The van der Waals surface area contributed by atoms with Gasteiger partial charge in [0.1, 0.15) is 6.10 Å². The summed E-state index contributed by atoms with van der Waals surface area (Å²) in [6.07, 6.45) is 2.36. The fraction of sp³-hybridized carbons (Fsp3) is 0.333. The second-order valence-corrected chi connectivity index (χ2v) is 4.19. The zero-order valence-corrected chi connectivity index (χ0v) is 9.38. The van der Waals surface area contributed by atoms with Crippen molar-refractivity contribution in [2.45, 2.75) is 18.9 Å². The van der Waals surface area contributed by atoms with Crippen molar-refractivity contribution >= 4 is 15.9 Å². The second-order valence-electron chi connectivity index (χ2n) is 3.28. The predicted octanol–water partition coefficient (Wildman–Crippen LogP) is 2.98. The normalized spacial score (nSPS) is 20.2. The molecule has 0 aliphatic carbocycles. The summed E-state index contributed by atoms with van der Waals surface area (Å²) in [4.78, 5) is 0. The molecule has 0 saturated carbocycles. The van der Waals surface area contributed by atoms with Crippen LogP contribution in [0.2, 0.25) is 0 Å². The Labute approximate surface area is 92.6 Å². The van der Waals surface area contributed by atoms with E-state index in [1.54, 1.807) is 0 Å². The third-order valence-corrected chi connectivity index (χ3v) is 2.68. The minimum absolute atomic E-state index is 0.152. The average molecular weight is 251 g/mol. The second kappa shape index (κ2) is 4.63. The van der Waals surface area contributed by atoms with Crippen LogP contribution >= 0.6 is 15.9 Å². The van der Waals surface area contributed by atoms with E-state index in [1.807, 2.05) is 24.3 Å². The lowest BCUT2D eigenvalue weighted by atomic mass is 10.2. The molecule has 72 valence electrons. The molecule has 14 heavy (non-hydrogen) atoms. The first-order valence-electron chi connectivity index (χ1n) is 4.73. The van der Waals surface area contributed by atoms with Crippen molar-refractivity contribution in [2.24, 2.45) is 0 Å². The van der Waals surface area contributed by atoms with Gasteiger partial charge in [0.15, 0.2) is 0 Å². The minimum atomic E-state index is 0.152. The van der Waals surface area contributed by atoms with Crippen molar-refractivity contribution in [1.82, 2.24) is 0 Å². The Kier molecular flexibility index (Phi) is 3.23. The molecule has 2 heteroatoms. The number of benzene rings is 1. The molecule has 0 amide bonds. The summed E-state index contributed by atoms with van der Waals surface area (Å²) < 4.78 is 6.50. The van der Waals surface area contributed by atoms with E-state index >= 15 is 0 Å². The van der Waals surface area contributed by atoms with Crippen LogP contribution in [0.3, 0.4) is 0 Å². The lowest BCUT2D eigenvalue weighted by Gasteiger charge is -1.97. The van der Waals surface area contributed by atoms with Crippen molar-refractivity contribution in [3.05, 3.63) is 34.3 Å². The van der Waals surface area contributed by atoms with Gasteiger partial charge in [-0.15, -0.1) is 0 Å². The summed E-state index contributed by atoms with van der Waals surface area (Å²) >= 11 is 3.39. The molecule has 0 spiro atoms. The molecule has 0 radical (unpaired) electrons. The maximum atomic E-state index is 5.42. The van der Waals surface area contributed by atoms with Crippen molar-refractivity contribution < 1.29 is 4.74 Å². The summed E-state index contributed by atoms with van der Waals surface area (Å²) in [5, 5.41) is 0. The topological polar surface area (TPSA) is 9.23 Å². The van der Waals surface area contributed by atoms with Crippen LogP contribution in [0.5, 0.6) is 0 Å². The Morgan fingerprint density at radius 2 is 2.07 bits per heavy atom. The molecule has 1 aromatic carbocycles. The molecule has 1 saturated heterocycles. The molecular formula is C12H11BrO. The number of halogens is 1. The lowest BCUT2D eigenvalue weighted by Crippen LogP contribution is -1.99. The van der Waals surface area contributed by atoms with Gasteiger partial charge >= 0.3 is 0 Å². The van der Waals surface area contributed by atoms with Crippen LogP contribution in [-0.4, -0.2) is 12.7 Å². The fourth-order valence-corrected chi connectivity index (χ4v) is 1.65. The number of hydrogen-bond acceptors (Lipinski definition) is 1. The van der Waals surface area contributed by atoms with Gasteiger partial charge in [0.2, 0.25) is 0 Å². The molecule has 0 N–H and O–H groups in total. The first kappa shape index (κ1) is 9.76. The van der Waals surface area contributed by atoms with Crippen LogP contribution in [0.4, 0.5) is 0 Å². The maximum Gasteiger partial charge on any atom is 0.118 e. The Hall–Kier alpha value is -0.780. The van der Waals surface area contributed by atoms with Gasteiger partial charge in [0.05, 0.1) is 0 Å². The van der Waals surface area contributed by atoms with Gasteiger partial charge in [-0.05, 0) is 37.1 Å². The van der Waals surface area contributed by atoms with Crippen LogP contribution < -0.4 is 0 Å². The SMILES string of the molecule is Brc1ccc(C#CC2CCCO2)cc1. The van der Waals surface area contributed by atoms with Gasteiger partial charge in [0.25, 0.3) is 0 Å². The van der Waals surface area contributed by atoms with Crippen molar-refractivity contribution in [3.63, 3.8) is 0 Å². The average Bonchev–Trinajstić information content (AvgIpc) is 2.70. The van der Waals surface area contributed by atoms with Crippen LogP contribution in [0.25, 0.3) is 0 Å². The fourth-order valence-electron chi connectivity index (χ4n) is 1.39. The van der Waals surface area contributed by atoms with E-state index in [0.717, 1.165) is 29.5 Å². The molecule has 1 heterocycles. The standard InChI is InChI=1S/C12H11BrO/c13-11-6-3-10(4-7-11)5-8-12-2-1-9-14-12/h3-4,6-7,12H,1-2,9H2. The van der Waals surface area contributed by atoms with Crippen molar-refractivity contribution in [3.8, 4) is 11.8 Å². The van der Waals surface area contributed by atoms with Gasteiger partial charge in [-0.25, -0.2) is 0 Å². The first-order chi connectivity index (χ1) is 6.84. The largest absolute Gasteiger partial charge is 0.366 e. The zero-order chi connectivity index (χ0) is 9.80. The first-order valence-corrected chi connectivity index (χ1v) is 5.52. The summed E-state index contributed by atoms with van der Waals surface area (Å²) in [6.45, 7) is 0.861. The van der Waals surface area contributed by atoms with Crippen molar-refractivity contribution in [1.29, 1.82) is 0 Å². The molecule has 0 aromatic heterocycles. The molecule has 1 aliphatic rings. The van der Waals surface area contributed by atoms with Crippen LogP contribution in [0.1, 0.15) is 18.4 Å². The Balaban J connectivity index is 2.05. The zero-order valence-electron chi connectivity index (χ0n) is 7.79. The van der Waals surface area contributed by atoms with E-state index in [9.17, 15) is 0 Å². The Bertz CT molecular complexity index is 352. The lowest BCUT2D eigenvalue weighted by molar-refractivity contribution is 0.152. The number of rotatable bonds is 0. The summed E-state index contributed by atoms with van der Waals surface area (Å²) in [6, 6.07) is 8.01. The third kappa shape index (κ3) is 2.60. The molecular weight excluding hydrogens is 240 g/mol.